The average Bonchev–Trinajstić information content (AvgIpc) is 3.21. The molecule has 0 fully saturated rings. The van der Waals surface area contributed by atoms with Crippen molar-refractivity contribution in [3.8, 4) is 0 Å². The molecule has 2 heterocycles. The van der Waals surface area contributed by atoms with Gasteiger partial charge in [-0.15, -0.1) is 10.2 Å². The lowest BCUT2D eigenvalue weighted by Crippen LogP contribution is -2.31. The molecular weight excluding hydrogens is 420 g/mol. The fourth-order valence-corrected chi connectivity index (χ4v) is 5.08. The summed E-state index contributed by atoms with van der Waals surface area (Å²) in [6.07, 6.45) is 3.19. The number of rotatable bonds is 6. The predicted molar refractivity (Wildman–Crippen MR) is 118 cm³/mol. The van der Waals surface area contributed by atoms with Gasteiger partial charge < -0.3 is 0 Å². The molecule has 2 aromatic carbocycles. The number of nitrogens with zero attached hydrogens (tertiary/aromatic N) is 4. The monoisotopic (exact) mass is 440 g/mol. The summed E-state index contributed by atoms with van der Waals surface area (Å²) in [5.41, 5.74) is 2.78. The Kier molecular flexibility index (Phi) is 5.49. The number of benzene rings is 2. The molecular formula is C22H21ClN4O2S. The van der Waals surface area contributed by atoms with Crippen LogP contribution >= 0.6 is 11.6 Å². The van der Waals surface area contributed by atoms with Gasteiger partial charge in [-0.2, -0.15) is 0 Å². The van der Waals surface area contributed by atoms with E-state index in [1.165, 1.54) is 10.6 Å². The number of aromatic nitrogens is 3. The summed E-state index contributed by atoms with van der Waals surface area (Å²) in [5, 5.41) is 8.41. The zero-order valence-corrected chi connectivity index (χ0v) is 18.2. The molecule has 0 spiro atoms. The van der Waals surface area contributed by atoms with Crippen LogP contribution in [0.2, 0.25) is 5.02 Å². The SMILES string of the molecule is CC(C)c1ccc(N(Cc2cccc(Cl)c2)S(=O)(=O)c2cccn3cnnc23)cc1. The minimum atomic E-state index is -3.93. The number of fused-ring (bicyclic) bond motifs is 1. The Hall–Kier alpha value is -2.90. The maximum absolute atomic E-state index is 13.8. The Bertz CT molecular complexity index is 1280. The van der Waals surface area contributed by atoms with Crippen molar-refractivity contribution in [3.05, 3.63) is 89.3 Å². The largest absolute Gasteiger partial charge is 0.288 e. The molecule has 0 N–H and O–H groups in total. The summed E-state index contributed by atoms with van der Waals surface area (Å²) in [7, 11) is -3.93. The molecule has 154 valence electrons. The quantitative estimate of drug-likeness (QED) is 0.427. The molecule has 0 saturated carbocycles. The van der Waals surface area contributed by atoms with Crippen LogP contribution in [0.4, 0.5) is 5.69 Å². The first-order valence-electron chi connectivity index (χ1n) is 9.52. The van der Waals surface area contributed by atoms with Gasteiger partial charge in [0.1, 0.15) is 11.2 Å². The lowest BCUT2D eigenvalue weighted by molar-refractivity contribution is 0.590. The lowest BCUT2D eigenvalue weighted by atomic mass is 10.0. The second kappa shape index (κ2) is 8.08. The van der Waals surface area contributed by atoms with Gasteiger partial charge in [0.15, 0.2) is 5.65 Å². The van der Waals surface area contributed by atoms with Gasteiger partial charge in [0, 0.05) is 11.2 Å². The van der Waals surface area contributed by atoms with Crippen molar-refractivity contribution in [1.29, 1.82) is 0 Å². The summed E-state index contributed by atoms with van der Waals surface area (Å²) in [6.45, 7) is 4.34. The molecule has 8 heteroatoms. The molecule has 6 nitrogen and oxygen atoms in total. The van der Waals surface area contributed by atoms with E-state index in [-0.39, 0.29) is 17.1 Å². The number of anilines is 1. The molecule has 0 bridgehead atoms. The summed E-state index contributed by atoms with van der Waals surface area (Å²) in [6, 6.07) is 18.0. The van der Waals surface area contributed by atoms with Gasteiger partial charge in [0.2, 0.25) is 0 Å². The Labute approximate surface area is 180 Å². The van der Waals surface area contributed by atoms with Gasteiger partial charge in [-0.3, -0.25) is 8.71 Å². The molecule has 2 aromatic heterocycles. The highest BCUT2D eigenvalue weighted by Gasteiger charge is 2.28. The van der Waals surface area contributed by atoms with Crippen LogP contribution in [0, 0.1) is 0 Å². The third-order valence-electron chi connectivity index (χ3n) is 4.92. The van der Waals surface area contributed by atoms with E-state index in [0.29, 0.717) is 16.6 Å². The van der Waals surface area contributed by atoms with Crippen LogP contribution in [-0.4, -0.2) is 23.0 Å². The van der Waals surface area contributed by atoms with Crippen molar-refractivity contribution in [3.63, 3.8) is 0 Å². The number of hydrogen-bond acceptors (Lipinski definition) is 4. The van der Waals surface area contributed by atoms with Crippen LogP contribution in [0.3, 0.4) is 0 Å². The zero-order valence-electron chi connectivity index (χ0n) is 16.6. The fourth-order valence-electron chi connectivity index (χ4n) is 3.29. The molecule has 30 heavy (non-hydrogen) atoms. The van der Waals surface area contributed by atoms with Gasteiger partial charge >= 0.3 is 0 Å². The van der Waals surface area contributed by atoms with E-state index in [0.717, 1.165) is 11.1 Å². The normalized spacial score (nSPS) is 11.9. The highest BCUT2D eigenvalue weighted by Crippen LogP contribution is 2.29. The Morgan fingerprint density at radius 2 is 1.83 bits per heavy atom. The minimum absolute atomic E-state index is 0.0949. The molecule has 0 aliphatic heterocycles. The van der Waals surface area contributed by atoms with E-state index in [4.69, 9.17) is 11.6 Å². The van der Waals surface area contributed by atoms with E-state index in [1.807, 2.05) is 36.4 Å². The third-order valence-corrected chi connectivity index (χ3v) is 6.95. The van der Waals surface area contributed by atoms with Crippen molar-refractivity contribution < 1.29 is 8.42 Å². The van der Waals surface area contributed by atoms with E-state index < -0.39 is 10.0 Å². The molecule has 4 aromatic rings. The van der Waals surface area contributed by atoms with Crippen molar-refractivity contribution >= 4 is 33.0 Å². The molecule has 0 saturated heterocycles. The second-order valence-corrected chi connectivity index (χ2v) is 9.59. The van der Waals surface area contributed by atoms with Crippen molar-refractivity contribution in [2.45, 2.75) is 31.2 Å². The smallest absolute Gasteiger partial charge is 0.268 e. The Balaban J connectivity index is 1.84. The molecule has 0 aliphatic carbocycles. The van der Waals surface area contributed by atoms with Crippen molar-refractivity contribution in [1.82, 2.24) is 14.6 Å². The standard InChI is InChI=1S/C22H21ClN4O2S/c1-16(2)18-8-10-20(11-9-18)27(14-17-5-3-6-19(23)13-17)30(28,29)21-7-4-12-26-15-24-25-22(21)26/h3-13,15-16H,14H2,1-2H3. The van der Waals surface area contributed by atoms with Crippen molar-refractivity contribution in [2.75, 3.05) is 4.31 Å². The number of sulfonamides is 1. The highest BCUT2D eigenvalue weighted by atomic mass is 35.5. The summed E-state index contributed by atoms with van der Waals surface area (Å²) < 4.78 is 30.5. The topological polar surface area (TPSA) is 67.6 Å². The Morgan fingerprint density at radius 1 is 1.07 bits per heavy atom. The van der Waals surface area contributed by atoms with Gasteiger partial charge in [-0.25, -0.2) is 8.42 Å². The first-order chi connectivity index (χ1) is 14.4. The van der Waals surface area contributed by atoms with Crippen LogP contribution in [0.15, 0.2) is 78.1 Å². The van der Waals surface area contributed by atoms with Crippen LogP contribution < -0.4 is 4.31 Å². The first-order valence-corrected chi connectivity index (χ1v) is 11.3. The molecule has 0 aliphatic rings. The van der Waals surface area contributed by atoms with Gasteiger partial charge in [0.25, 0.3) is 10.0 Å². The van der Waals surface area contributed by atoms with Gasteiger partial charge in [0.05, 0.1) is 12.2 Å². The summed E-state index contributed by atoms with van der Waals surface area (Å²) in [5.74, 6) is 0.349. The number of hydrogen-bond donors (Lipinski definition) is 0. The maximum Gasteiger partial charge on any atom is 0.268 e. The van der Waals surface area contributed by atoms with Gasteiger partial charge in [-0.1, -0.05) is 49.7 Å². The molecule has 0 amide bonds. The summed E-state index contributed by atoms with van der Waals surface area (Å²) in [4.78, 5) is 0.0949. The first kappa shape index (κ1) is 20.4. The predicted octanol–water partition coefficient (Wildman–Crippen LogP) is 4.90. The second-order valence-electron chi connectivity index (χ2n) is 7.32. The Morgan fingerprint density at radius 3 is 2.53 bits per heavy atom. The average molecular weight is 441 g/mol. The maximum atomic E-state index is 13.8. The van der Waals surface area contributed by atoms with E-state index in [9.17, 15) is 8.42 Å². The lowest BCUT2D eigenvalue weighted by Gasteiger charge is -2.25. The van der Waals surface area contributed by atoms with Gasteiger partial charge in [-0.05, 0) is 53.4 Å². The van der Waals surface area contributed by atoms with E-state index >= 15 is 0 Å². The van der Waals surface area contributed by atoms with Crippen LogP contribution in [-0.2, 0) is 16.6 Å². The van der Waals surface area contributed by atoms with Crippen LogP contribution in [0.25, 0.3) is 5.65 Å². The molecule has 4 rings (SSSR count). The van der Waals surface area contributed by atoms with E-state index in [2.05, 4.69) is 24.0 Å². The van der Waals surface area contributed by atoms with Crippen molar-refractivity contribution in [2.24, 2.45) is 0 Å². The molecule has 0 unspecified atom stereocenters. The summed E-state index contributed by atoms with van der Waals surface area (Å²) >= 11 is 6.14. The zero-order chi connectivity index (χ0) is 21.3. The fraction of sp³-hybridized carbons (Fsp3) is 0.182. The van der Waals surface area contributed by atoms with Crippen LogP contribution in [0.1, 0.15) is 30.9 Å². The number of halogens is 1. The minimum Gasteiger partial charge on any atom is -0.288 e. The van der Waals surface area contributed by atoms with Crippen LogP contribution in [0.5, 0.6) is 0 Å². The number of pyridine rings is 1. The van der Waals surface area contributed by atoms with E-state index in [1.54, 1.807) is 34.9 Å². The third kappa shape index (κ3) is 3.91. The highest BCUT2D eigenvalue weighted by molar-refractivity contribution is 7.93. The molecule has 0 radical (unpaired) electrons. The molecule has 0 atom stereocenters.